The van der Waals surface area contributed by atoms with Crippen molar-refractivity contribution in [3.63, 3.8) is 0 Å². The summed E-state index contributed by atoms with van der Waals surface area (Å²) in [5.41, 5.74) is 2.25. The van der Waals surface area contributed by atoms with Crippen molar-refractivity contribution in [2.45, 2.75) is 19.5 Å². The number of nitrogens with zero attached hydrogens (tertiary/aromatic N) is 5. The van der Waals surface area contributed by atoms with E-state index in [1.54, 1.807) is 60.2 Å². The number of carbonyl (C=O) groups excluding carboxylic acids is 2. The van der Waals surface area contributed by atoms with Gasteiger partial charge in [-0.15, -0.1) is 0 Å². The number of nitro benzene ring substituents is 1. The monoisotopic (exact) mass is 469 g/mol. The molecule has 3 aromatic heterocycles. The van der Waals surface area contributed by atoms with Crippen LogP contribution in [0, 0.1) is 17.0 Å². The summed E-state index contributed by atoms with van der Waals surface area (Å²) in [6.07, 6.45) is 4.89. The first kappa shape index (κ1) is 22.0. The van der Waals surface area contributed by atoms with Gasteiger partial charge in [0.25, 0.3) is 17.4 Å². The fourth-order valence-corrected chi connectivity index (χ4v) is 4.38. The van der Waals surface area contributed by atoms with Crippen molar-refractivity contribution >= 4 is 28.8 Å². The summed E-state index contributed by atoms with van der Waals surface area (Å²) in [5, 5.41) is 22.6. The molecule has 5 rings (SSSR count). The number of hydrogen-bond donors (Lipinski definition) is 1. The Morgan fingerprint density at radius 3 is 2.57 bits per heavy atom. The number of hydrogen-bond acceptors (Lipinski definition) is 7. The molecule has 0 bridgehead atoms. The molecule has 1 aliphatic heterocycles. The maximum atomic E-state index is 13.3. The van der Waals surface area contributed by atoms with Crippen molar-refractivity contribution < 1.29 is 19.6 Å². The second kappa shape index (κ2) is 8.49. The van der Waals surface area contributed by atoms with Crippen molar-refractivity contribution in [3.8, 4) is 0 Å². The average molecular weight is 469 g/mol. The molecule has 1 aromatic carbocycles. The maximum Gasteiger partial charge on any atom is 0.295 e. The van der Waals surface area contributed by atoms with Crippen LogP contribution in [0.25, 0.3) is 11.4 Å². The fourth-order valence-electron chi connectivity index (χ4n) is 4.38. The van der Waals surface area contributed by atoms with E-state index in [1.165, 1.54) is 29.2 Å². The molecule has 0 aliphatic carbocycles. The van der Waals surface area contributed by atoms with Gasteiger partial charge in [0.05, 0.1) is 22.2 Å². The van der Waals surface area contributed by atoms with Crippen molar-refractivity contribution in [2.75, 3.05) is 0 Å². The van der Waals surface area contributed by atoms with E-state index in [2.05, 4.69) is 9.97 Å². The molecule has 0 spiro atoms. The summed E-state index contributed by atoms with van der Waals surface area (Å²) in [5.74, 6) is -2.00. The number of Topliss-reactive ketones (excluding diaryl/α,β-unsaturated/α-hetero) is 1. The van der Waals surface area contributed by atoms with Gasteiger partial charge in [-0.1, -0.05) is 12.1 Å². The van der Waals surface area contributed by atoms with E-state index < -0.39 is 22.7 Å². The zero-order chi connectivity index (χ0) is 24.7. The van der Waals surface area contributed by atoms with Gasteiger partial charge in [0, 0.05) is 37.3 Å². The molecular weight excluding hydrogens is 450 g/mol. The summed E-state index contributed by atoms with van der Waals surface area (Å²) < 4.78 is 1.64. The molecule has 4 heterocycles. The lowest BCUT2D eigenvalue weighted by atomic mass is 9.96. The number of aliphatic hydroxyl groups excluding tert-OH is 1. The molecule has 35 heavy (non-hydrogen) atoms. The summed E-state index contributed by atoms with van der Waals surface area (Å²) in [6.45, 7) is 1.76. The number of aliphatic hydroxyl groups is 1. The normalized spacial score (nSPS) is 17.3. The van der Waals surface area contributed by atoms with E-state index in [4.69, 9.17) is 0 Å². The van der Waals surface area contributed by atoms with Gasteiger partial charge in [-0.25, -0.2) is 4.98 Å². The van der Waals surface area contributed by atoms with Crippen molar-refractivity contribution in [3.05, 3.63) is 111 Å². The van der Waals surface area contributed by atoms with Gasteiger partial charge in [-0.05, 0) is 48.4 Å². The van der Waals surface area contributed by atoms with Gasteiger partial charge in [-0.3, -0.25) is 29.1 Å². The Bertz CT molecular complexity index is 1510. The van der Waals surface area contributed by atoms with Crippen LogP contribution in [0.4, 0.5) is 5.69 Å². The Balaban J connectivity index is 1.71. The minimum Gasteiger partial charge on any atom is -0.505 e. The number of non-ortho nitro benzene ring substituents is 1. The number of amides is 1. The van der Waals surface area contributed by atoms with Crippen LogP contribution in [0.15, 0.2) is 78.8 Å². The Morgan fingerprint density at radius 2 is 1.89 bits per heavy atom. The Kier molecular flexibility index (Phi) is 5.33. The number of aryl methyl sites for hydroxylation is 1. The van der Waals surface area contributed by atoms with Crippen LogP contribution in [-0.2, 0) is 16.1 Å². The Labute approximate surface area is 198 Å². The molecule has 1 unspecified atom stereocenters. The number of carbonyl (C=O) groups is 2. The number of ketones is 1. The second-order valence-corrected chi connectivity index (χ2v) is 8.11. The van der Waals surface area contributed by atoms with Crippen LogP contribution >= 0.6 is 0 Å². The molecular formula is C25H19N5O5. The highest BCUT2D eigenvalue weighted by Gasteiger charge is 2.46. The topological polar surface area (TPSA) is 131 Å². The summed E-state index contributed by atoms with van der Waals surface area (Å²) in [7, 11) is 0. The second-order valence-electron chi connectivity index (χ2n) is 8.11. The van der Waals surface area contributed by atoms with Crippen LogP contribution in [0.1, 0.15) is 28.6 Å². The van der Waals surface area contributed by atoms with E-state index in [0.717, 1.165) is 0 Å². The lowest BCUT2D eigenvalue weighted by Crippen LogP contribution is -2.29. The number of benzene rings is 1. The van der Waals surface area contributed by atoms with E-state index in [-0.39, 0.29) is 23.6 Å². The smallest absolute Gasteiger partial charge is 0.295 e. The van der Waals surface area contributed by atoms with Gasteiger partial charge in [-0.2, -0.15) is 0 Å². The molecule has 1 atom stereocenters. The van der Waals surface area contributed by atoms with Gasteiger partial charge in [0.1, 0.15) is 11.3 Å². The van der Waals surface area contributed by atoms with Crippen LogP contribution in [-0.4, -0.2) is 41.0 Å². The number of nitro groups is 1. The molecule has 1 N–H and O–H groups in total. The highest BCUT2D eigenvalue weighted by molar-refractivity contribution is 6.46. The largest absolute Gasteiger partial charge is 0.505 e. The third kappa shape index (κ3) is 3.70. The first-order valence-corrected chi connectivity index (χ1v) is 10.7. The highest BCUT2D eigenvalue weighted by atomic mass is 16.6. The first-order chi connectivity index (χ1) is 16.9. The van der Waals surface area contributed by atoms with Crippen molar-refractivity contribution in [1.29, 1.82) is 0 Å². The molecule has 4 aromatic rings. The van der Waals surface area contributed by atoms with Crippen molar-refractivity contribution in [1.82, 2.24) is 19.3 Å². The van der Waals surface area contributed by atoms with Crippen LogP contribution in [0.2, 0.25) is 0 Å². The standard InChI is InChI=1S/C25H19N5O5/c1-15-21(28-12-3-2-6-19(28)27-15)23(31)20-22(17-7-9-18(10-8-17)30(34)35)29(25(33)24(20)32)14-16-5-4-11-26-13-16/h2-13,22,31H,14H2,1H3/b23-20+. The van der Waals surface area contributed by atoms with E-state index >= 15 is 0 Å². The maximum absolute atomic E-state index is 13.3. The number of rotatable bonds is 5. The first-order valence-electron chi connectivity index (χ1n) is 10.7. The van der Waals surface area contributed by atoms with E-state index in [1.807, 2.05) is 0 Å². The van der Waals surface area contributed by atoms with Crippen LogP contribution in [0.5, 0.6) is 0 Å². The lowest BCUT2D eigenvalue weighted by Gasteiger charge is -2.25. The fraction of sp³-hybridized carbons (Fsp3) is 0.120. The summed E-state index contributed by atoms with van der Waals surface area (Å²) in [4.78, 5) is 46.9. The molecule has 10 heteroatoms. The van der Waals surface area contributed by atoms with Crippen molar-refractivity contribution in [2.24, 2.45) is 0 Å². The number of likely N-dealkylation sites (tertiary alicyclic amines) is 1. The number of fused-ring (bicyclic) bond motifs is 1. The predicted molar refractivity (Wildman–Crippen MR) is 125 cm³/mol. The number of pyridine rings is 2. The molecule has 1 fully saturated rings. The van der Waals surface area contributed by atoms with E-state index in [9.17, 15) is 24.8 Å². The lowest BCUT2D eigenvalue weighted by molar-refractivity contribution is -0.384. The molecule has 1 aliphatic rings. The Morgan fingerprint density at radius 1 is 1.11 bits per heavy atom. The predicted octanol–water partition coefficient (Wildman–Crippen LogP) is 3.57. The Hall–Kier alpha value is -4.86. The highest BCUT2D eigenvalue weighted by Crippen LogP contribution is 2.41. The van der Waals surface area contributed by atoms with Gasteiger partial charge >= 0.3 is 0 Å². The summed E-state index contributed by atoms with van der Waals surface area (Å²) in [6, 6.07) is 13.4. The molecule has 0 radical (unpaired) electrons. The molecule has 10 nitrogen and oxygen atoms in total. The minimum atomic E-state index is -0.968. The van der Waals surface area contributed by atoms with Gasteiger partial charge in [0.2, 0.25) is 0 Å². The third-order valence-corrected chi connectivity index (χ3v) is 5.96. The van der Waals surface area contributed by atoms with Gasteiger partial charge in [0.15, 0.2) is 5.76 Å². The molecule has 1 saturated heterocycles. The van der Waals surface area contributed by atoms with E-state index in [0.29, 0.717) is 28.2 Å². The number of imidazole rings is 1. The molecule has 174 valence electrons. The zero-order valence-corrected chi connectivity index (χ0v) is 18.5. The average Bonchev–Trinajstić information content (AvgIpc) is 3.33. The van der Waals surface area contributed by atoms with Gasteiger partial charge < -0.3 is 10.0 Å². The minimum absolute atomic E-state index is 0.0585. The quantitative estimate of drug-likeness (QED) is 0.155. The zero-order valence-electron chi connectivity index (χ0n) is 18.5. The molecule has 1 amide bonds. The van der Waals surface area contributed by atoms with Crippen LogP contribution < -0.4 is 0 Å². The summed E-state index contributed by atoms with van der Waals surface area (Å²) >= 11 is 0. The third-order valence-electron chi connectivity index (χ3n) is 5.96. The number of aromatic nitrogens is 3. The SMILES string of the molecule is Cc1nc2ccccn2c1/C(O)=C1\C(=O)C(=O)N(Cc2cccnc2)C1c1ccc([N+](=O)[O-])cc1. The molecule has 0 saturated carbocycles. The van der Waals surface area contributed by atoms with Crippen LogP contribution in [0.3, 0.4) is 0 Å².